The Labute approximate surface area is 272 Å². The number of benzene rings is 7. The van der Waals surface area contributed by atoms with Crippen LogP contribution in [0, 0.1) is 0 Å². The first kappa shape index (κ1) is 27.1. The van der Waals surface area contributed by atoms with Crippen molar-refractivity contribution in [3.63, 3.8) is 0 Å². The quantitative estimate of drug-likeness (QED) is 0.213. The zero-order valence-electron chi connectivity index (χ0n) is 25.5. The van der Waals surface area contributed by atoms with Crippen LogP contribution in [0.1, 0.15) is 22.9 Å². The van der Waals surface area contributed by atoms with Crippen molar-refractivity contribution >= 4 is 44.4 Å². The lowest BCUT2D eigenvalue weighted by molar-refractivity contribution is 0.668. The minimum absolute atomic E-state index is 0.361. The Morgan fingerprint density at radius 3 is 2.00 bits per heavy atom. The minimum Gasteiger partial charge on any atom is -0.456 e. The van der Waals surface area contributed by atoms with E-state index in [-0.39, 0.29) is 6.17 Å². The Bertz CT molecular complexity index is 2480. The van der Waals surface area contributed by atoms with E-state index < -0.39 is 0 Å². The first-order chi connectivity index (χ1) is 23.3. The summed E-state index contributed by atoms with van der Waals surface area (Å²) in [7, 11) is 0. The van der Waals surface area contributed by atoms with Gasteiger partial charge in [-0.3, -0.25) is 0 Å². The Kier molecular flexibility index (Phi) is 6.50. The number of aliphatic imine (C=N–C) groups is 2. The first-order valence-electron chi connectivity index (χ1n) is 15.9. The summed E-state index contributed by atoms with van der Waals surface area (Å²) in [6, 6.07) is 56.9. The average Bonchev–Trinajstić information content (AvgIpc) is 3.54. The van der Waals surface area contributed by atoms with Crippen LogP contribution >= 0.6 is 0 Å². The van der Waals surface area contributed by atoms with E-state index in [1.54, 1.807) is 0 Å². The fraction of sp³-hybridized carbons (Fsp3) is 0.0233. The zero-order chi connectivity index (χ0) is 31.2. The van der Waals surface area contributed by atoms with Gasteiger partial charge in [-0.1, -0.05) is 152 Å². The van der Waals surface area contributed by atoms with Gasteiger partial charge in [-0.05, 0) is 45.2 Å². The van der Waals surface area contributed by atoms with Crippen LogP contribution in [0.25, 0.3) is 55.0 Å². The summed E-state index contributed by atoms with van der Waals surface area (Å²) in [4.78, 5) is 10.3. The molecular formula is C43H29N3O. The van der Waals surface area contributed by atoms with Crippen molar-refractivity contribution in [3.05, 3.63) is 180 Å². The third-order valence-corrected chi connectivity index (χ3v) is 8.98. The number of nitrogens with zero attached hydrogens (tertiary/aromatic N) is 2. The highest BCUT2D eigenvalue weighted by Gasteiger charge is 2.24. The van der Waals surface area contributed by atoms with Gasteiger partial charge in [0.1, 0.15) is 23.2 Å². The largest absolute Gasteiger partial charge is 0.456 e. The summed E-state index contributed by atoms with van der Waals surface area (Å²) in [5.74, 6) is 1.49. The molecule has 0 bridgehead atoms. The van der Waals surface area contributed by atoms with Gasteiger partial charge in [0, 0.05) is 27.5 Å². The lowest BCUT2D eigenvalue weighted by Crippen LogP contribution is -2.33. The van der Waals surface area contributed by atoms with Crippen LogP contribution in [-0.2, 0) is 0 Å². The molecule has 0 fully saturated rings. The Balaban J connectivity index is 1.17. The molecule has 1 N–H and O–H groups in total. The molecule has 47 heavy (non-hydrogen) atoms. The third kappa shape index (κ3) is 4.79. The molecule has 0 amide bonds. The maximum absolute atomic E-state index is 6.25. The van der Waals surface area contributed by atoms with Crippen LogP contribution < -0.4 is 5.32 Å². The van der Waals surface area contributed by atoms with E-state index in [1.165, 1.54) is 16.3 Å². The average molecular weight is 604 g/mol. The van der Waals surface area contributed by atoms with Crippen molar-refractivity contribution < 1.29 is 4.42 Å². The molecule has 4 heteroatoms. The van der Waals surface area contributed by atoms with Crippen LogP contribution in [0.5, 0.6) is 0 Å². The van der Waals surface area contributed by atoms with Gasteiger partial charge in [-0.15, -0.1) is 0 Å². The molecule has 0 saturated carbocycles. The van der Waals surface area contributed by atoms with E-state index >= 15 is 0 Å². The SMILES string of the molecule is c1ccc(C2=NC(c3ccc(-c4cccc5ccccc45)cc3)=NC(c3ccccc3-c3cccc4oc5ccccc5c34)N2)cc1. The molecule has 2 heterocycles. The Hall–Kier alpha value is -6.26. The molecule has 0 aliphatic carbocycles. The van der Waals surface area contributed by atoms with E-state index in [0.717, 1.165) is 61.2 Å². The maximum atomic E-state index is 6.25. The molecule has 1 aromatic heterocycles. The van der Waals surface area contributed by atoms with Crippen molar-refractivity contribution in [3.8, 4) is 22.3 Å². The van der Waals surface area contributed by atoms with Crippen LogP contribution in [0.15, 0.2) is 178 Å². The van der Waals surface area contributed by atoms with Gasteiger partial charge in [0.15, 0.2) is 5.84 Å². The van der Waals surface area contributed by atoms with Crippen LogP contribution in [0.2, 0.25) is 0 Å². The van der Waals surface area contributed by atoms with E-state index in [4.69, 9.17) is 14.4 Å². The van der Waals surface area contributed by atoms with Gasteiger partial charge >= 0.3 is 0 Å². The molecule has 1 atom stereocenters. The van der Waals surface area contributed by atoms with Crippen LogP contribution in [0.3, 0.4) is 0 Å². The summed E-state index contributed by atoms with van der Waals surface area (Å²) in [6.07, 6.45) is -0.361. The summed E-state index contributed by atoms with van der Waals surface area (Å²) in [5.41, 5.74) is 9.39. The summed E-state index contributed by atoms with van der Waals surface area (Å²) in [5, 5.41) is 8.35. The molecule has 4 nitrogen and oxygen atoms in total. The van der Waals surface area contributed by atoms with Crippen molar-refractivity contribution in [2.75, 3.05) is 0 Å². The summed E-state index contributed by atoms with van der Waals surface area (Å²) in [6.45, 7) is 0. The lowest BCUT2D eigenvalue weighted by Gasteiger charge is -2.25. The minimum atomic E-state index is -0.361. The Morgan fingerprint density at radius 2 is 1.11 bits per heavy atom. The number of amidine groups is 2. The van der Waals surface area contributed by atoms with Crippen molar-refractivity contribution in [1.82, 2.24) is 5.32 Å². The van der Waals surface area contributed by atoms with E-state index in [0.29, 0.717) is 5.84 Å². The molecule has 1 aliphatic rings. The highest BCUT2D eigenvalue weighted by molar-refractivity contribution is 6.14. The molecule has 8 aromatic rings. The second kappa shape index (κ2) is 11.3. The van der Waals surface area contributed by atoms with Gasteiger partial charge in [-0.2, -0.15) is 0 Å². The van der Waals surface area contributed by atoms with E-state index in [1.807, 2.05) is 36.4 Å². The van der Waals surface area contributed by atoms with Crippen LogP contribution in [-0.4, -0.2) is 11.7 Å². The fourth-order valence-electron chi connectivity index (χ4n) is 6.74. The molecule has 0 saturated heterocycles. The smallest absolute Gasteiger partial charge is 0.159 e. The molecule has 0 radical (unpaired) electrons. The number of fused-ring (bicyclic) bond motifs is 4. The van der Waals surface area contributed by atoms with Gasteiger partial charge < -0.3 is 9.73 Å². The van der Waals surface area contributed by atoms with Crippen molar-refractivity contribution in [2.24, 2.45) is 9.98 Å². The molecule has 7 aromatic carbocycles. The maximum Gasteiger partial charge on any atom is 0.159 e. The molecule has 0 spiro atoms. The van der Waals surface area contributed by atoms with E-state index in [2.05, 4.69) is 133 Å². The number of nitrogens with one attached hydrogen (secondary N) is 1. The number of hydrogen-bond donors (Lipinski definition) is 1. The van der Waals surface area contributed by atoms with Crippen LogP contribution in [0.4, 0.5) is 0 Å². The standard InChI is InChI=1S/C43H29N3O/c1-2-13-30(14-3-1)41-44-42(31-26-24-29(25-27-31)33-20-10-15-28-12-4-5-16-32(28)33)46-43(45-41)36-18-7-6-17-34(36)35-21-11-23-39-40(35)37-19-8-9-22-38(37)47-39/h1-27,43H,(H,44,45,46). The third-order valence-electron chi connectivity index (χ3n) is 8.98. The molecule has 222 valence electrons. The molecule has 1 unspecified atom stereocenters. The van der Waals surface area contributed by atoms with E-state index in [9.17, 15) is 0 Å². The van der Waals surface area contributed by atoms with Gasteiger partial charge in [-0.25, -0.2) is 9.98 Å². The number of rotatable bonds is 5. The van der Waals surface area contributed by atoms with Crippen molar-refractivity contribution in [1.29, 1.82) is 0 Å². The monoisotopic (exact) mass is 603 g/mol. The highest BCUT2D eigenvalue weighted by atomic mass is 16.3. The summed E-state index contributed by atoms with van der Waals surface area (Å²) < 4.78 is 6.25. The van der Waals surface area contributed by atoms with Crippen molar-refractivity contribution in [2.45, 2.75) is 6.17 Å². The second-order valence-electron chi connectivity index (χ2n) is 11.8. The zero-order valence-corrected chi connectivity index (χ0v) is 25.5. The molecule has 9 rings (SSSR count). The normalized spacial score (nSPS) is 14.6. The topological polar surface area (TPSA) is 49.9 Å². The van der Waals surface area contributed by atoms with Gasteiger partial charge in [0.05, 0.1) is 0 Å². The van der Waals surface area contributed by atoms with Gasteiger partial charge in [0.25, 0.3) is 0 Å². The number of para-hydroxylation sites is 1. The first-order valence-corrected chi connectivity index (χ1v) is 15.9. The fourth-order valence-corrected chi connectivity index (χ4v) is 6.74. The number of furan rings is 1. The predicted molar refractivity (Wildman–Crippen MR) is 194 cm³/mol. The Morgan fingerprint density at radius 1 is 0.468 bits per heavy atom. The summed E-state index contributed by atoms with van der Waals surface area (Å²) >= 11 is 0. The predicted octanol–water partition coefficient (Wildman–Crippen LogP) is 10.6. The second-order valence-corrected chi connectivity index (χ2v) is 11.8. The molecule has 1 aliphatic heterocycles. The lowest BCUT2D eigenvalue weighted by atomic mass is 9.93. The van der Waals surface area contributed by atoms with Gasteiger partial charge in [0.2, 0.25) is 0 Å². The number of hydrogen-bond acceptors (Lipinski definition) is 4. The molecular weight excluding hydrogens is 574 g/mol. The highest BCUT2D eigenvalue weighted by Crippen LogP contribution is 2.40.